The van der Waals surface area contributed by atoms with Gasteiger partial charge in [0.05, 0.1) is 12.4 Å². The van der Waals surface area contributed by atoms with Gasteiger partial charge in [0.25, 0.3) is 0 Å². The van der Waals surface area contributed by atoms with E-state index in [4.69, 9.17) is 16.3 Å². The van der Waals surface area contributed by atoms with Crippen molar-refractivity contribution in [3.63, 3.8) is 0 Å². The van der Waals surface area contributed by atoms with E-state index in [-0.39, 0.29) is 22.4 Å². The van der Waals surface area contributed by atoms with Gasteiger partial charge in [-0.05, 0) is 18.3 Å². The van der Waals surface area contributed by atoms with Gasteiger partial charge in [-0.2, -0.15) is 0 Å². The number of ether oxygens (including phenoxy) is 1. The molecule has 0 spiro atoms. The number of carbonyl (C=O) groups excluding carboxylic acids is 1. The molecule has 0 aliphatic carbocycles. The molecule has 0 N–H and O–H groups in total. The highest BCUT2D eigenvalue weighted by molar-refractivity contribution is 6.29. The monoisotopic (exact) mass is 326 g/mol. The number of unbranched alkanes of at least 4 members (excludes halogenated alkanes) is 4. The third kappa shape index (κ3) is 6.73. The summed E-state index contributed by atoms with van der Waals surface area (Å²) in [4.78, 5) is 20.0. The lowest BCUT2D eigenvalue weighted by atomic mass is 9.85. The number of hydrogen-bond acceptors (Lipinski definition) is 4. The molecule has 0 saturated heterocycles. The molecule has 0 radical (unpaired) electrons. The molecule has 0 aromatic carbocycles. The van der Waals surface area contributed by atoms with Crippen molar-refractivity contribution in [2.45, 2.75) is 72.3 Å². The topological polar surface area (TPSA) is 52.1 Å². The normalized spacial score (nSPS) is 13.0. The zero-order chi connectivity index (χ0) is 16.6. The first-order valence-corrected chi connectivity index (χ1v) is 8.41. The van der Waals surface area contributed by atoms with Crippen molar-refractivity contribution < 1.29 is 9.53 Å². The van der Waals surface area contributed by atoms with Crippen LogP contribution in [0.1, 0.15) is 76.7 Å². The minimum absolute atomic E-state index is 0.0970. The van der Waals surface area contributed by atoms with Crippen molar-refractivity contribution in [2.75, 3.05) is 0 Å². The third-order valence-electron chi connectivity index (χ3n) is 3.61. The number of carbonyl (C=O) groups is 1. The van der Waals surface area contributed by atoms with Crippen molar-refractivity contribution in [3.05, 3.63) is 23.2 Å². The average Bonchev–Trinajstić information content (AvgIpc) is 2.45. The van der Waals surface area contributed by atoms with Crippen LogP contribution in [0, 0.1) is 5.41 Å². The molecule has 124 valence electrons. The van der Waals surface area contributed by atoms with Crippen molar-refractivity contribution in [3.8, 4) is 0 Å². The van der Waals surface area contributed by atoms with E-state index >= 15 is 0 Å². The van der Waals surface area contributed by atoms with Crippen molar-refractivity contribution in [2.24, 2.45) is 5.41 Å². The fourth-order valence-corrected chi connectivity index (χ4v) is 2.31. The molecule has 0 aliphatic rings. The lowest BCUT2D eigenvalue weighted by molar-refractivity contribution is -0.00752. The van der Waals surface area contributed by atoms with Gasteiger partial charge in [-0.25, -0.2) is 14.8 Å². The van der Waals surface area contributed by atoms with E-state index in [1.165, 1.54) is 38.1 Å². The zero-order valence-electron chi connectivity index (χ0n) is 14.1. The smallest absolute Gasteiger partial charge is 0.358 e. The van der Waals surface area contributed by atoms with Gasteiger partial charge in [-0.1, -0.05) is 65.0 Å². The second kappa shape index (κ2) is 9.09. The number of esters is 1. The van der Waals surface area contributed by atoms with Crippen LogP contribution in [-0.4, -0.2) is 22.0 Å². The molecular formula is C17H27ClN2O2. The van der Waals surface area contributed by atoms with E-state index in [0.29, 0.717) is 0 Å². The molecular weight excluding hydrogens is 300 g/mol. The van der Waals surface area contributed by atoms with Crippen LogP contribution in [0.5, 0.6) is 0 Å². The van der Waals surface area contributed by atoms with Crippen LogP contribution < -0.4 is 0 Å². The Morgan fingerprint density at radius 2 is 1.86 bits per heavy atom. The molecule has 5 heteroatoms. The van der Waals surface area contributed by atoms with Crippen LogP contribution in [0.15, 0.2) is 12.4 Å². The number of rotatable bonds is 8. The predicted molar refractivity (Wildman–Crippen MR) is 89.1 cm³/mol. The summed E-state index contributed by atoms with van der Waals surface area (Å²) in [7, 11) is 0. The maximum atomic E-state index is 12.2. The Bertz CT molecular complexity index is 455. The quantitative estimate of drug-likeness (QED) is 0.495. The van der Waals surface area contributed by atoms with E-state index in [1.54, 1.807) is 0 Å². The minimum Gasteiger partial charge on any atom is -0.457 e. The Hall–Kier alpha value is -1.16. The largest absolute Gasteiger partial charge is 0.457 e. The Morgan fingerprint density at radius 1 is 1.18 bits per heavy atom. The maximum absolute atomic E-state index is 12.2. The third-order valence-corrected chi connectivity index (χ3v) is 3.81. The van der Waals surface area contributed by atoms with E-state index < -0.39 is 5.97 Å². The number of hydrogen-bond donors (Lipinski definition) is 0. The van der Waals surface area contributed by atoms with Gasteiger partial charge in [0.2, 0.25) is 0 Å². The molecule has 0 bridgehead atoms. The van der Waals surface area contributed by atoms with Gasteiger partial charge < -0.3 is 4.74 Å². The lowest BCUT2D eigenvalue weighted by Crippen LogP contribution is -2.32. The second-order valence-electron chi connectivity index (χ2n) is 6.69. The Balaban J connectivity index is 2.57. The molecule has 1 heterocycles. The summed E-state index contributed by atoms with van der Waals surface area (Å²) >= 11 is 5.68. The molecule has 1 aromatic heterocycles. The summed E-state index contributed by atoms with van der Waals surface area (Å²) in [5, 5.41) is 0.264. The van der Waals surface area contributed by atoms with Gasteiger partial charge in [0, 0.05) is 0 Å². The highest BCUT2D eigenvalue weighted by Crippen LogP contribution is 2.27. The lowest BCUT2D eigenvalue weighted by Gasteiger charge is -2.30. The van der Waals surface area contributed by atoms with Crippen molar-refractivity contribution in [1.29, 1.82) is 0 Å². The standard InChI is InChI=1S/C17H27ClN2O2/c1-5-6-7-8-9-10-14(17(2,3)4)22-16(21)13-11-20-15(18)12-19-13/h11-12,14H,5-10H2,1-4H3. The average molecular weight is 327 g/mol. The SMILES string of the molecule is CCCCCCCC(OC(=O)c1cnc(Cl)cn1)C(C)(C)C. The van der Waals surface area contributed by atoms with E-state index in [1.807, 2.05) is 0 Å². The summed E-state index contributed by atoms with van der Waals surface area (Å²) in [5.41, 5.74) is 0.102. The summed E-state index contributed by atoms with van der Waals surface area (Å²) in [6.07, 6.45) is 9.44. The first-order valence-electron chi connectivity index (χ1n) is 8.03. The van der Waals surface area contributed by atoms with Gasteiger partial charge in [-0.3, -0.25) is 0 Å². The molecule has 0 amide bonds. The highest BCUT2D eigenvalue weighted by atomic mass is 35.5. The molecule has 22 heavy (non-hydrogen) atoms. The summed E-state index contributed by atoms with van der Waals surface area (Å²) in [6, 6.07) is 0. The highest BCUT2D eigenvalue weighted by Gasteiger charge is 2.28. The zero-order valence-corrected chi connectivity index (χ0v) is 14.8. The van der Waals surface area contributed by atoms with E-state index in [0.717, 1.165) is 12.8 Å². The molecule has 0 saturated carbocycles. The van der Waals surface area contributed by atoms with Crippen LogP contribution in [0.3, 0.4) is 0 Å². The Morgan fingerprint density at radius 3 is 2.41 bits per heavy atom. The fraction of sp³-hybridized carbons (Fsp3) is 0.706. The summed E-state index contributed by atoms with van der Waals surface area (Å²) in [6.45, 7) is 8.46. The Labute approximate surface area is 138 Å². The molecule has 1 atom stereocenters. The first-order chi connectivity index (χ1) is 10.3. The van der Waals surface area contributed by atoms with E-state index in [2.05, 4.69) is 37.7 Å². The summed E-state index contributed by atoms with van der Waals surface area (Å²) in [5.74, 6) is -0.433. The van der Waals surface area contributed by atoms with Crippen LogP contribution in [-0.2, 0) is 4.74 Å². The summed E-state index contributed by atoms with van der Waals surface area (Å²) < 4.78 is 5.66. The molecule has 1 unspecified atom stereocenters. The molecule has 4 nitrogen and oxygen atoms in total. The van der Waals surface area contributed by atoms with Crippen LogP contribution >= 0.6 is 11.6 Å². The number of aromatic nitrogens is 2. The first kappa shape index (κ1) is 18.9. The molecule has 0 fully saturated rings. The van der Waals surface area contributed by atoms with Gasteiger partial charge in [0.15, 0.2) is 5.69 Å². The van der Waals surface area contributed by atoms with Gasteiger partial charge >= 0.3 is 5.97 Å². The van der Waals surface area contributed by atoms with Crippen molar-refractivity contribution >= 4 is 17.6 Å². The number of halogens is 1. The van der Waals surface area contributed by atoms with Crippen LogP contribution in [0.2, 0.25) is 5.15 Å². The number of nitrogens with zero attached hydrogens (tertiary/aromatic N) is 2. The fourth-order valence-electron chi connectivity index (χ4n) is 2.21. The van der Waals surface area contributed by atoms with Gasteiger partial charge in [0.1, 0.15) is 11.3 Å². The van der Waals surface area contributed by atoms with Crippen molar-refractivity contribution in [1.82, 2.24) is 9.97 Å². The minimum atomic E-state index is -0.433. The van der Waals surface area contributed by atoms with E-state index in [9.17, 15) is 4.79 Å². The molecule has 1 rings (SSSR count). The second-order valence-corrected chi connectivity index (χ2v) is 7.07. The van der Waals surface area contributed by atoms with Crippen LogP contribution in [0.4, 0.5) is 0 Å². The Kier molecular flexibility index (Phi) is 7.80. The van der Waals surface area contributed by atoms with Gasteiger partial charge in [-0.15, -0.1) is 0 Å². The predicted octanol–water partition coefficient (Wildman–Crippen LogP) is 5.06. The maximum Gasteiger partial charge on any atom is 0.358 e. The molecule has 0 aliphatic heterocycles. The van der Waals surface area contributed by atoms with Crippen LogP contribution in [0.25, 0.3) is 0 Å². The molecule has 1 aromatic rings.